The first-order valence-electron chi connectivity index (χ1n) is 6.61. The largest absolute Gasteiger partial charge is 0.397 e. The van der Waals surface area contributed by atoms with Gasteiger partial charge >= 0.3 is 0 Å². The van der Waals surface area contributed by atoms with Gasteiger partial charge in [-0.2, -0.15) is 0 Å². The minimum absolute atomic E-state index is 0.00969. The Hall–Kier alpha value is -0.870. The van der Waals surface area contributed by atoms with Gasteiger partial charge in [0.2, 0.25) is 5.91 Å². The lowest BCUT2D eigenvalue weighted by molar-refractivity contribution is -0.113. The van der Waals surface area contributed by atoms with E-state index in [0.29, 0.717) is 27.4 Å². The van der Waals surface area contributed by atoms with Gasteiger partial charge in [-0.1, -0.05) is 30.9 Å². The van der Waals surface area contributed by atoms with Crippen LogP contribution in [0.5, 0.6) is 0 Å². The van der Waals surface area contributed by atoms with Crippen molar-refractivity contribution in [2.24, 2.45) is 0 Å². The van der Waals surface area contributed by atoms with Gasteiger partial charge in [0, 0.05) is 10.3 Å². The second-order valence-electron chi connectivity index (χ2n) is 4.85. The molecule has 0 spiro atoms. The van der Waals surface area contributed by atoms with E-state index in [1.807, 2.05) is 0 Å². The Morgan fingerprint density at radius 2 is 2.11 bits per heavy atom. The standard InChI is InChI=1S/C14H19ClN2OS/c15-10-6-7-12(16)13(8-10)17-14(18)9-19-11-4-2-1-3-5-11/h6-8,11H,1-5,9,16H2,(H,17,18). The highest BCUT2D eigenvalue weighted by Crippen LogP contribution is 2.28. The Kier molecular flexibility index (Phi) is 5.40. The molecule has 1 aliphatic rings. The van der Waals surface area contributed by atoms with Gasteiger partial charge in [-0.05, 0) is 31.0 Å². The maximum absolute atomic E-state index is 11.9. The number of carbonyl (C=O) groups excluding carboxylic acids is 1. The molecule has 3 N–H and O–H groups in total. The van der Waals surface area contributed by atoms with Gasteiger partial charge in [-0.15, -0.1) is 11.8 Å². The van der Waals surface area contributed by atoms with Crippen LogP contribution in [0.3, 0.4) is 0 Å². The Morgan fingerprint density at radius 1 is 1.37 bits per heavy atom. The zero-order chi connectivity index (χ0) is 13.7. The molecule has 0 saturated heterocycles. The molecule has 0 heterocycles. The molecule has 0 atom stereocenters. The normalized spacial score (nSPS) is 16.3. The van der Waals surface area contributed by atoms with Crippen LogP contribution in [-0.2, 0) is 4.79 Å². The fraction of sp³-hybridized carbons (Fsp3) is 0.500. The Balaban J connectivity index is 1.81. The third-order valence-corrected chi connectivity index (χ3v) is 4.90. The Labute approximate surface area is 123 Å². The molecule has 2 rings (SSSR count). The van der Waals surface area contributed by atoms with Crippen LogP contribution < -0.4 is 11.1 Å². The lowest BCUT2D eigenvalue weighted by atomic mass is 10.0. The molecule has 1 amide bonds. The zero-order valence-corrected chi connectivity index (χ0v) is 12.4. The molecule has 0 bridgehead atoms. The molecule has 1 aromatic carbocycles. The van der Waals surface area contributed by atoms with E-state index in [-0.39, 0.29) is 5.91 Å². The number of halogens is 1. The van der Waals surface area contributed by atoms with E-state index >= 15 is 0 Å². The molecular formula is C14H19ClN2OS. The molecule has 0 radical (unpaired) electrons. The third-order valence-electron chi connectivity index (χ3n) is 3.29. The molecule has 1 saturated carbocycles. The number of hydrogen-bond acceptors (Lipinski definition) is 3. The number of carbonyl (C=O) groups is 1. The average molecular weight is 299 g/mol. The molecule has 1 fully saturated rings. The Morgan fingerprint density at radius 3 is 2.84 bits per heavy atom. The van der Waals surface area contributed by atoms with E-state index < -0.39 is 0 Å². The number of nitrogen functional groups attached to an aromatic ring is 1. The summed E-state index contributed by atoms with van der Waals surface area (Å²) in [7, 11) is 0. The van der Waals surface area contributed by atoms with Crippen LogP contribution in [0.2, 0.25) is 5.02 Å². The van der Waals surface area contributed by atoms with Gasteiger partial charge in [0.25, 0.3) is 0 Å². The second kappa shape index (κ2) is 7.06. The van der Waals surface area contributed by atoms with Crippen LogP contribution in [0, 0.1) is 0 Å². The maximum atomic E-state index is 11.9. The highest BCUT2D eigenvalue weighted by molar-refractivity contribution is 8.00. The summed E-state index contributed by atoms with van der Waals surface area (Å²) in [5.74, 6) is 0.473. The predicted molar refractivity (Wildman–Crippen MR) is 83.8 cm³/mol. The van der Waals surface area contributed by atoms with E-state index in [9.17, 15) is 4.79 Å². The molecule has 19 heavy (non-hydrogen) atoms. The fourth-order valence-electron chi connectivity index (χ4n) is 2.25. The molecule has 0 aromatic heterocycles. The quantitative estimate of drug-likeness (QED) is 0.828. The van der Waals surface area contributed by atoms with Crippen LogP contribution in [-0.4, -0.2) is 16.9 Å². The summed E-state index contributed by atoms with van der Waals surface area (Å²) in [6.45, 7) is 0. The van der Waals surface area contributed by atoms with E-state index in [0.717, 1.165) is 0 Å². The minimum atomic E-state index is -0.00969. The van der Waals surface area contributed by atoms with Crippen LogP contribution in [0.25, 0.3) is 0 Å². The summed E-state index contributed by atoms with van der Waals surface area (Å²) in [6.07, 6.45) is 6.39. The van der Waals surface area contributed by atoms with E-state index in [2.05, 4.69) is 5.32 Å². The fourth-order valence-corrected chi connectivity index (χ4v) is 3.55. The first kappa shape index (κ1) is 14.5. The van der Waals surface area contributed by atoms with Gasteiger partial charge in [-0.25, -0.2) is 0 Å². The van der Waals surface area contributed by atoms with Gasteiger partial charge in [0.1, 0.15) is 0 Å². The van der Waals surface area contributed by atoms with Gasteiger partial charge in [-0.3, -0.25) is 4.79 Å². The molecule has 1 aliphatic carbocycles. The summed E-state index contributed by atoms with van der Waals surface area (Å²) in [6, 6.07) is 5.09. The number of benzene rings is 1. The smallest absolute Gasteiger partial charge is 0.234 e. The number of hydrogen-bond donors (Lipinski definition) is 2. The average Bonchev–Trinajstić information content (AvgIpc) is 2.42. The first-order valence-corrected chi connectivity index (χ1v) is 8.04. The second-order valence-corrected chi connectivity index (χ2v) is 6.58. The molecule has 3 nitrogen and oxygen atoms in total. The van der Waals surface area contributed by atoms with Crippen LogP contribution in [0.1, 0.15) is 32.1 Å². The van der Waals surface area contributed by atoms with E-state index in [4.69, 9.17) is 17.3 Å². The maximum Gasteiger partial charge on any atom is 0.234 e. The highest BCUT2D eigenvalue weighted by Gasteiger charge is 2.15. The molecule has 1 aromatic rings. The third kappa shape index (κ3) is 4.62. The topological polar surface area (TPSA) is 55.1 Å². The van der Waals surface area contributed by atoms with Crippen LogP contribution >= 0.6 is 23.4 Å². The van der Waals surface area contributed by atoms with Crippen LogP contribution in [0.4, 0.5) is 11.4 Å². The van der Waals surface area contributed by atoms with Crippen molar-refractivity contribution in [3.8, 4) is 0 Å². The van der Waals surface area contributed by atoms with E-state index in [1.165, 1.54) is 32.1 Å². The van der Waals surface area contributed by atoms with E-state index in [1.54, 1.807) is 30.0 Å². The SMILES string of the molecule is Nc1ccc(Cl)cc1NC(=O)CSC1CCCCC1. The van der Waals surface area contributed by atoms with Crippen molar-refractivity contribution >= 4 is 40.6 Å². The Bertz CT molecular complexity index is 447. The summed E-state index contributed by atoms with van der Waals surface area (Å²) < 4.78 is 0. The summed E-state index contributed by atoms with van der Waals surface area (Å²) in [5, 5.41) is 4.03. The molecule has 0 aliphatic heterocycles. The van der Waals surface area contributed by atoms with Gasteiger partial charge in [0.15, 0.2) is 0 Å². The molecular weight excluding hydrogens is 280 g/mol. The molecule has 104 valence electrons. The number of thioether (sulfide) groups is 1. The van der Waals surface area contributed by atoms with Crippen LogP contribution in [0.15, 0.2) is 18.2 Å². The first-order chi connectivity index (χ1) is 9.15. The number of amides is 1. The van der Waals surface area contributed by atoms with Crippen molar-refractivity contribution in [3.63, 3.8) is 0 Å². The van der Waals surface area contributed by atoms with Gasteiger partial charge < -0.3 is 11.1 Å². The molecule has 5 heteroatoms. The van der Waals surface area contributed by atoms with Crippen molar-refractivity contribution in [2.45, 2.75) is 37.4 Å². The zero-order valence-electron chi connectivity index (χ0n) is 10.8. The lowest BCUT2D eigenvalue weighted by Gasteiger charge is -2.20. The van der Waals surface area contributed by atoms with Crippen molar-refractivity contribution in [1.82, 2.24) is 0 Å². The number of rotatable bonds is 4. The van der Waals surface area contributed by atoms with Gasteiger partial charge in [0.05, 0.1) is 17.1 Å². The lowest BCUT2D eigenvalue weighted by Crippen LogP contribution is -2.18. The van der Waals surface area contributed by atoms with Crippen molar-refractivity contribution < 1.29 is 4.79 Å². The highest BCUT2D eigenvalue weighted by atomic mass is 35.5. The monoisotopic (exact) mass is 298 g/mol. The molecule has 0 unspecified atom stereocenters. The van der Waals surface area contributed by atoms with Crippen molar-refractivity contribution in [3.05, 3.63) is 23.2 Å². The number of nitrogens with two attached hydrogens (primary N) is 1. The minimum Gasteiger partial charge on any atom is -0.397 e. The summed E-state index contributed by atoms with van der Waals surface area (Å²) in [4.78, 5) is 11.9. The van der Waals surface area contributed by atoms with Crippen molar-refractivity contribution in [2.75, 3.05) is 16.8 Å². The predicted octanol–water partition coefficient (Wildman–Crippen LogP) is 3.93. The summed E-state index contributed by atoms with van der Waals surface area (Å²) in [5.41, 5.74) is 6.94. The number of nitrogens with one attached hydrogen (secondary N) is 1. The summed E-state index contributed by atoms with van der Waals surface area (Å²) >= 11 is 7.64. The van der Waals surface area contributed by atoms with Crippen molar-refractivity contribution in [1.29, 1.82) is 0 Å². The number of anilines is 2.